The maximum absolute atomic E-state index is 5.51. The third-order valence-corrected chi connectivity index (χ3v) is 3.12. The van der Waals surface area contributed by atoms with E-state index in [0.29, 0.717) is 12.1 Å². The Morgan fingerprint density at radius 1 is 1.33 bits per heavy atom. The van der Waals surface area contributed by atoms with E-state index in [0.717, 1.165) is 13.0 Å². The number of ether oxygens (including phenoxy) is 1. The third-order valence-electron chi connectivity index (χ3n) is 3.12. The lowest BCUT2D eigenvalue weighted by atomic mass is 9.95. The molecule has 2 nitrogen and oxygen atoms in total. The Kier molecular flexibility index (Phi) is 3.75. The number of hydrogen-bond acceptors (Lipinski definition) is 2. The zero-order chi connectivity index (χ0) is 10.5. The fourth-order valence-corrected chi connectivity index (χ4v) is 2.28. The van der Waals surface area contributed by atoms with Crippen LogP contribution in [0.5, 0.6) is 0 Å². The van der Waals surface area contributed by atoms with Crippen molar-refractivity contribution in [2.75, 3.05) is 13.7 Å². The third kappa shape index (κ3) is 2.80. The van der Waals surface area contributed by atoms with Gasteiger partial charge in [0, 0.05) is 13.2 Å². The van der Waals surface area contributed by atoms with Gasteiger partial charge < -0.3 is 10.1 Å². The molecule has 0 aromatic heterocycles. The largest absolute Gasteiger partial charge is 0.380 e. The first kappa shape index (κ1) is 10.7. The number of methoxy groups -OCH3 is 1. The van der Waals surface area contributed by atoms with Crippen molar-refractivity contribution in [3.8, 4) is 0 Å². The van der Waals surface area contributed by atoms with Crippen LogP contribution in [-0.4, -0.2) is 25.8 Å². The molecule has 2 heteroatoms. The van der Waals surface area contributed by atoms with E-state index in [2.05, 4.69) is 35.6 Å². The second kappa shape index (κ2) is 5.29. The fraction of sp³-hybridized carbons (Fsp3) is 0.538. The Hall–Kier alpha value is -0.860. The van der Waals surface area contributed by atoms with E-state index < -0.39 is 0 Å². The van der Waals surface area contributed by atoms with Crippen LogP contribution in [0.1, 0.15) is 18.4 Å². The van der Waals surface area contributed by atoms with Crippen LogP contribution in [0.25, 0.3) is 0 Å². The van der Waals surface area contributed by atoms with Gasteiger partial charge >= 0.3 is 0 Å². The summed E-state index contributed by atoms with van der Waals surface area (Å²) in [5, 5.41) is 3.54. The van der Waals surface area contributed by atoms with Gasteiger partial charge in [-0.25, -0.2) is 0 Å². The van der Waals surface area contributed by atoms with Crippen LogP contribution in [0.3, 0.4) is 0 Å². The molecular formula is C13H19NO. The minimum Gasteiger partial charge on any atom is -0.380 e. The topological polar surface area (TPSA) is 21.3 Å². The van der Waals surface area contributed by atoms with Crippen molar-refractivity contribution < 1.29 is 4.74 Å². The molecule has 0 unspecified atom stereocenters. The summed E-state index contributed by atoms with van der Waals surface area (Å²) in [6.07, 6.45) is 3.85. The van der Waals surface area contributed by atoms with Crippen molar-refractivity contribution in [2.24, 2.45) is 0 Å². The normalized spacial score (nSPS) is 26.5. The van der Waals surface area contributed by atoms with Crippen LogP contribution < -0.4 is 5.32 Å². The Balaban J connectivity index is 1.97. The van der Waals surface area contributed by atoms with Crippen molar-refractivity contribution in [2.45, 2.75) is 31.4 Å². The number of benzene rings is 1. The molecule has 1 aromatic rings. The Bertz CT molecular complexity index is 286. The van der Waals surface area contributed by atoms with Gasteiger partial charge in [0.1, 0.15) is 0 Å². The molecule has 1 heterocycles. The number of hydrogen-bond donors (Lipinski definition) is 1. The highest BCUT2D eigenvalue weighted by molar-refractivity contribution is 5.16. The van der Waals surface area contributed by atoms with E-state index in [-0.39, 0.29) is 0 Å². The molecule has 1 aliphatic rings. The molecule has 0 aliphatic carbocycles. The van der Waals surface area contributed by atoms with Crippen molar-refractivity contribution in [1.29, 1.82) is 0 Å². The van der Waals surface area contributed by atoms with Crippen molar-refractivity contribution in [3.63, 3.8) is 0 Å². The average Bonchev–Trinajstić information content (AvgIpc) is 2.31. The molecule has 1 aliphatic heterocycles. The van der Waals surface area contributed by atoms with Crippen LogP contribution in [0.4, 0.5) is 0 Å². The van der Waals surface area contributed by atoms with E-state index in [4.69, 9.17) is 4.74 Å². The van der Waals surface area contributed by atoms with Gasteiger partial charge in [0.15, 0.2) is 0 Å². The van der Waals surface area contributed by atoms with Gasteiger partial charge in [-0.15, -0.1) is 0 Å². The average molecular weight is 205 g/mol. The van der Waals surface area contributed by atoms with Gasteiger partial charge in [-0.1, -0.05) is 30.3 Å². The Morgan fingerprint density at radius 3 is 2.87 bits per heavy atom. The molecule has 15 heavy (non-hydrogen) atoms. The molecule has 0 amide bonds. The number of rotatable bonds is 3. The monoisotopic (exact) mass is 205 g/mol. The summed E-state index contributed by atoms with van der Waals surface area (Å²) in [5.74, 6) is 0. The second-order valence-corrected chi connectivity index (χ2v) is 4.17. The molecule has 1 aromatic carbocycles. The lowest BCUT2D eigenvalue weighted by molar-refractivity contribution is 0.0457. The fourth-order valence-electron chi connectivity index (χ4n) is 2.28. The van der Waals surface area contributed by atoms with Crippen molar-refractivity contribution >= 4 is 0 Å². The van der Waals surface area contributed by atoms with Crippen LogP contribution in [0, 0.1) is 0 Å². The molecule has 0 spiro atoms. The van der Waals surface area contributed by atoms with Gasteiger partial charge in [0.25, 0.3) is 0 Å². The van der Waals surface area contributed by atoms with Crippen LogP contribution in [-0.2, 0) is 11.2 Å². The van der Waals surface area contributed by atoms with Crippen molar-refractivity contribution in [1.82, 2.24) is 5.32 Å². The predicted octanol–water partition coefficient (Wildman–Crippen LogP) is 2.00. The summed E-state index contributed by atoms with van der Waals surface area (Å²) in [6, 6.07) is 11.1. The summed E-state index contributed by atoms with van der Waals surface area (Å²) >= 11 is 0. The SMILES string of the molecule is CO[C@H]1CCCN[C@H]1Cc1ccccc1. The molecule has 2 rings (SSSR count). The molecule has 82 valence electrons. The van der Waals surface area contributed by atoms with E-state index in [1.165, 1.54) is 18.4 Å². The standard InChI is InChI=1S/C13H19NO/c1-15-13-8-5-9-14-12(13)10-11-6-3-2-4-7-11/h2-4,6-7,12-14H,5,8-10H2,1H3/t12-,13-/m0/s1. The molecule has 1 N–H and O–H groups in total. The lowest BCUT2D eigenvalue weighted by Gasteiger charge is -2.31. The maximum Gasteiger partial charge on any atom is 0.0727 e. The van der Waals surface area contributed by atoms with Gasteiger partial charge in [-0.05, 0) is 31.4 Å². The van der Waals surface area contributed by atoms with Crippen LogP contribution in [0.15, 0.2) is 30.3 Å². The number of piperidine rings is 1. The zero-order valence-electron chi connectivity index (χ0n) is 9.28. The number of nitrogens with one attached hydrogen (secondary N) is 1. The van der Waals surface area contributed by atoms with Crippen LogP contribution in [0.2, 0.25) is 0 Å². The lowest BCUT2D eigenvalue weighted by Crippen LogP contribution is -2.47. The van der Waals surface area contributed by atoms with Crippen molar-refractivity contribution in [3.05, 3.63) is 35.9 Å². The van der Waals surface area contributed by atoms with Gasteiger partial charge in [-0.2, -0.15) is 0 Å². The molecule has 1 saturated heterocycles. The van der Waals surface area contributed by atoms with E-state index in [1.54, 1.807) is 0 Å². The zero-order valence-corrected chi connectivity index (χ0v) is 9.28. The summed E-state index contributed by atoms with van der Waals surface area (Å²) in [6.45, 7) is 1.12. The van der Waals surface area contributed by atoms with E-state index in [1.807, 2.05) is 7.11 Å². The van der Waals surface area contributed by atoms with E-state index in [9.17, 15) is 0 Å². The predicted molar refractivity (Wildman–Crippen MR) is 62.0 cm³/mol. The van der Waals surface area contributed by atoms with Crippen LogP contribution >= 0.6 is 0 Å². The highest BCUT2D eigenvalue weighted by Crippen LogP contribution is 2.15. The molecule has 0 radical (unpaired) electrons. The molecular weight excluding hydrogens is 186 g/mol. The first-order valence-corrected chi connectivity index (χ1v) is 5.70. The first-order chi connectivity index (χ1) is 7.40. The highest BCUT2D eigenvalue weighted by atomic mass is 16.5. The summed E-state index contributed by atoms with van der Waals surface area (Å²) in [7, 11) is 1.82. The summed E-state index contributed by atoms with van der Waals surface area (Å²) in [5.41, 5.74) is 1.39. The Labute approximate surface area is 91.6 Å². The molecule has 2 atom stereocenters. The highest BCUT2D eigenvalue weighted by Gasteiger charge is 2.24. The van der Waals surface area contributed by atoms with Gasteiger partial charge in [0.2, 0.25) is 0 Å². The summed E-state index contributed by atoms with van der Waals surface area (Å²) in [4.78, 5) is 0. The minimum absolute atomic E-state index is 0.374. The first-order valence-electron chi connectivity index (χ1n) is 5.70. The maximum atomic E-state index is 5.51. The smallest absolute Gasteiger partial charge is 0.0727 e. The Morgan fingerprint density at radius 2 is 2.13 bits per heavy atom. The van der Waals surface area contributed by atoms with Gasteiger partial charge in [0.05, 0.1) is 6.10 Å². The molecule has 0 bridgehead atoms. The second-order valence-electron chi connectivity index (χ2n) is 4.17. The molecule has 0 saturated carbocycles. The minimum atomic E-state index is 0.374. The molecule has 1 fully saturated rings. The van der Waals surface area contributed by atoms with Gasteiger partial charge in [-0.3, -0.25) is 0 Å². The quantitative estimate of drug-likeness (QED) is 0.815. The summed E-state index contributed by atoms with van der Waals surface area (Å²) < 4.78 is 5.51. The van der Waals surface area contributed by atoms with E-state index >= 15 is 0 Å².